The van der Waals surface area contributed by atoms with Crippen LogP contribution in [0.3, 0.4) is 0 Å². The van der Waals surface area contributed by atoms with E-state index in [1.807, 2.05) is 39.9 Å². The average Bonchev–Trinajstić information content (AvgIpc) is 3.80. The number of oxime groups is 1. The Balaban J connectivity index is 1.21. The normalized spacial score (nSPS) is 18.0. The number of carboxylic acids is 2. The number of rotatable bonds is 13. The van der Waals surface area contributed by atoms with Gasteiger partial charge >= 0.3 is 11.9 Å². The van der Waals surface area contributed by atoms with Crippen molar-refractivity contribution in [3.63, 3.8) is 0 Å². The van der Waals surface area contributed by atoms with Gasteiger partial charge in [-0.15, -0.1) is 11.8 Å². The zero-order valence-electron chi connectivity index (χ0n) is 26.0. The number of nitrogens with zero attached hydrogens (tertiary/aromatic N) is 6. The number of ketones is 1. The van der Waals surface area contributed by atoms with Crippen molar-refractivity contribution in [1.29, 1.82) is 5.41 Å². The Morgan fingerprint density at radius 3 is 2.71 bits per heavy atom. The first-order chi connectivity index (χ1) is 23.2. The van der Waals surface area contributed by atoms with Gasteiger partial charge in [0.05, 0.1) is 23.4 Å². The number of aromatic nitrogens is 4. The van der Waals surface area contributed by atoms with Crippen molar-refractivity contribution in [1.82, 2.24) is 18.8 Å². The molecule has 2 aliphatic rings. The number of thioether (sulfide) groups is 1. The first-order valence-electron chi connectivity index (χ1n) is 14.7. The summed E-state index contributed by atoms with van der Waals surface area (Å²) in [6.07, 6.45) is 6.65. The lowest BCUT2D eigenvalue weighted by molar-refractivity contribution is -0.687. The molecule has 0 bridgehead atoms. The molecule has 1 amide bonds. The molecule has 17 nitrogen and oxygen atoms in total. The molecule has 1 fully saturated rings. The summed E-state index contributed by atoms with van der Waals surface area (Å²) in [5.74, 6) is -4.08. The number of nitrogens with one attached hydrogen (secondary N) is 1. The number of aliphatic carboxylic acids is 2. The molecule has 19 heteroatoms. The minimum atomic E-state index is -1.78. The van der Waals surface area contributed by atoms with E-state index in [-0.39, 0.29) is 41.2 Å². The highest BCUT2D eigenvalue weighted by molar-refractivity contribution is 8.00. The monoisotopic (exact) mass is 708 g/mol. The Bertz CT molecular complexity index is 2100. The van der Waals surface area contributed by atoms with Crippen LogP contribution >= 0.6 is 23.3 Å². The first-order valence-corrected chi connectivity index (χ1v) is 16.5. The van der Waals surface area contributed by atoms with Gasteiger partial charge in [0.15, 0.2) is 35.6 Å². The number of amidine groups is 1. The van der Waals surface area contributed by atoms with E-state index in [4.69, 9.17) is 26.1 Å². The SMILES string of the molecule is CC(C)(O/N=C(\C(=O)C[C@@H]1C(=O)N2C(C(=O)O)=C(C[n+]3ccc4ccn(Cc5cc(C(=N)N)co5)c4c3)CS[C@H]12)c1nsc(N)n1)C(=O)O. The fourth-order valence-electron chi connectivity index (χ4n) is 5.38. The predicted molar refractivity (Wildman–Crippen MR) is 175 cm³/mol. The molecular weight excluding hydrogens is 679 g/mol. The van der Waals surface area contributed by atoms with Gasteiger partial charge in [-0.2, -0.15) is 13.9 Å². The first kappa shape index (κ1) is 33.3. The van der Waals surface area contributed by atoms with Gasteiger partial charge in [-0.3, -0.25) is 19.9 Å². The van der Waals surface area contributed by atoms with Crippen molar-refractivity contribution in [2.75, 3.05) is 11.5 Å². The van der Waals surface area contributed by atoms with Gasteiger partial charge in [-0.1, -0.05) is 5.16 Å². The quantitative estimate of drug-likeness (QED) is 0.0433. The van der Waals surface area contributed by atoms with Gasteiger partial charge in [0.25, 0.3) is 0 Å². The van der Waals surface area contributed by atoms with Crippen LogP contribution in [0, 0.1) is 11.3 Å². The van der Waals surface area contributed by atoms with Crippen molar-refractivity contribution in [3.05, 3.63) is 71.5 Å². The second-order valence-corrected chi connectivity index (χ2v) is 13.7. The summed E-state index contributed by atoms with van der Waals surface area (Å²) < 4.78 is 13.3. The molecule has 2 atom stereocenters. The Labute approximate surface area is 285 Å². The Kier molecular flexibility index (Phi) is 8.71. The highest BCUT2D eigenvalue weighted by atomic mass is 32.2. The van der Waals surface area contributed by atoms with E-state index in [0.717, 1.165) is 22.4 Å². The van der Waals surface area contributed by atoms with Gasteiger partial charge in [0.2, 0.25) is 17.3 Å². The standard InChI is InChI=1S/C30H29N9O8S2/c1-30(2,28(44)45)47-35-21(24-34-29(33)49-36-24)20(40)8-18-25(41)39-22(27(42)43)16(13-48-26(18)39)9-37-5-3-14-4-6-38(19(14)11-37)10-17-7-15(12-46-17)23(31)32/h3-7,11-12,18,26H,8-10,13H2,1-2H3,(H6-,31,32,33,34,36,42,43,44,45)/p+1/b35-21+/t18-,26-/m1/s1. The summed E-state index contributed by atoms with van der Waals surface area (Å²) in [6.45, 7) is 3.06. The molecule has 49 heavy (non-hydrogen) atoms. The second kappa shape index (κ2) is 12.8. The predicted octanol–water partition coefficient (Wildman–Crippen LogP) is 1.40. The topological polar surface area (TPSA) is 257 Å². The van der Waals surface area contributed by atoms with Crippen molar-refractivity contribution in [3.8, 4) is 0 Å². The lowest BCUT2D eigenvalue weighted by Gasteiger charge is -2.49. The third-order valence-electron chi connectivity index (χ3n) is 8.00. The maximum atomic E-state index is 13.4. The van der Waals surface area contributed by atoms with Gasteiger partial charge in [-0.25, -0.2) is 9.59 Å². The van der Waals surface area contributed by atoms with Crippen molar-refractivity contribution < 1.29 is 43.2 Å². The highest BCUT2D eigenvalue weighted by Crippen LogP contribution is 2.45. The summed E-state index contributed by atoms with van der Waals surface area (Å²) in [5.41, 5.74) is 10.8. The minimum Gasteiger partial charge on any atom is -0.478 e. The van der Waals surface area contributed by atoms with Crippen molar-refractivity contribution in [2.24, 2.45) is 16.8 Å². The van der Waals surface area contributed by atoms with Crippen LogP contribution in [-0.4, -0.2) is 80.9 Å². The summed E-state index contributed by atoms with van der Waals surface area (Å²) in [7, 11) is 0. The Hall–Kier alpha value is -5.56. The molecule has 6 heterocycles. The number of anilines is 1. The van der Waals surface area contributed by atoms with Gasteiger partial charge in [0, 0.05) is 46.9 Å². The smallest absolute Gasteiger partial charge is 0.352 e. The van der Waals surface area contributed by atoms with E-state index < -0.39 is 46.2 Å². The number of nitrogen functional groups attached to an aromatic ring is 2. The number of amides is 1. The molecule has 2 aliphatic heterocycles. The summed E-state index contributed by atoms with van der Waals surface area (Å²) in [6, 6.07) is 5.53. The molecule has 0 aliphatic carbocycles. The van der Waals surface area contributed by atoms with Gasteiger partial charge in [0.1, 0.15) is 29.1 Å². The van der Waals surface area contributed by atoms with Crippen molar-refractivity contribution in [2.45, 2.75) is 44.3 Å². The van der Waals surface area contributed by atoms with E-state index in [1.165, 1.54) is 36.8 Å². The molecule has 0 spiro atoms. The summed E-state index contributed by atoms with van der Waals surface area (Å²) >= 11 is 2.14. The number of nitrogens with two attached hydrogens (primary N) is 2. The molecule has 4 aromatic rings. The number of carbonyl (C=O) groups is 4. The number of carboxylic acid groups (broad SMARTS) is 2. The van der Waals surface area contributed by atoms with E-state index in [1.54, 1.807) is 6.07 Å². The number of carbonyl (C=O) groups excluding carboxylic acids is 2. The maximum absolute atomic E-state index is 13.4. The van der Waals surface area contributed by atoms with E-state index in [0.29, 0.717) is 23.4 Å². The third-order valence-corrected chi connectivity index (χ3v) is 9.94. The van der Waals surface area contributed by atoms with Crippen LogP contribution in [0.25, 0.3) is 10.9 Å². The average molecular weight is 709 g/mol. The van der Waals surface area contributed by atoms with Crippen LogP contribution in [0.15, 0.2) is 63.9 Å². The van der Waals surface area contributed by atoms with E-state index in [2.05, 4.69) is 14.5 Å². The van der Waals surface area contributed by atoms with Crippen molar-refractivity contribution >= 4 is 74.5 Å². The molecule has 0 saturated carbocycles. The molecule has 1 saturated heterocycles. The molecule has 0 aromatic carbocycles. The van der Waals surface area contributed by atoms with Crippen LogP contribution in [0.1, 0.15) is 37.4 Å². The number of fused-ring (bicyclic) bond motifs is 2. The van der Waals surface area contributed by atoms with Crippen LogP contribution in [0.2, 0.25) is 0 Å². The largest absolute Gasteiger partial charge is 0.478 e. The number of Topliss-reactive ketones (excluding diaryl/α,β-unsaturated/α-hetero) is 1. The highest BCUT2D eigenvalue weighted by Gasteiger charge is 2.54. The van der Waals surface area contributed by atoms with Crippen LogP contribution in [0.5, 0.6) is 0 Å². The zero-order valence-corrected chi connectivity index (χ0v) is 27.7. The number of hydrogen-bond donors (Lipinski definition) is 5. The van der Waals surface area contributed by atoms with E-state index in [9.17, 15) is 29.4 Å². The lowest BCUT2D eigenvalue weighted by atomic mass is 9.89. The molecule has 6 rings (SSSR count). The molecule has 0 unspecified atom stereocenters. The number of β-lactam (4-membered cyclic amide) rings is 1. The number of furan rings is 1. The summed E-state index contributed by atoms with van der Waals surface area (Å²) in [5, 5.41) is 31.3. The molecule has 7 N–H and O–H groups in total. The lowest BCUT2D eigenvalue weighted by Crippen LogP contribution is -2.62. The molecule has 254 valence electrons. The number of pyridine rings is 1. The number of hydrogen-bond acceptors (Lipinski definition) is 13. The second-order valence-electron chi connectivity index (χ2n) is 11.8. The van der Waals surface area contributed by atoms with Crippen LogP contribution in [-0.2, 0) is 37.1 Å². The summed E-state index contributed by atoms with van der Waals surface area (Å²) in [4.78, 5) is 61.2. The Morgan fingerprint density at radius 1 is 1.29 bits per heavy atom. The maximum Gasteiger partial charge on any atom is 0.352 e. The minimum absolute atomic E-state index is 0.0384. The van der Waals surface area contributed by atoms with E-state index >= 15 is 0 Å². The van der Waals surface area contributed by atoms with Gasteiger partial charge < -0.3 is 35.5 Å². The fourth-order valence-corrected chi connectivity index (χ4v) is 7.22. The molecule has 4 aromatic heterocycles. The van der Waals surface area contributed by atoms with Crippen LogP contribution < -0.4 is 16.0 Å². The molecular formula is C30H30N9O8S2+. The zero-order chi connectivity index (χ0) is 35.2. The third kappa shape index (κ3) is 6.49. The van der Waals surface area contributed by atoms with Gasteiger partial charge in [-0.05, 0) is 26.0 Å². The van der Waals surface area contributed by atoms with Crippen LogP contribution in [0.4, 0.5) is 5.13 Å². The fraction of sp³-hybridized carbons (Fsp3) is 0.300. The molecule has 0 radical (unpaired) electrons. The Morgan fingerprint density at radius 2 is 2.06 bits per heavy atom.